The average Bonchev–Trinajstić information content (AvgIpc) is 2.87. The van der Waals surface area contributed by atoms with Gasteiger partial charge in [0.2, 0.25) is 0 Å². The summed E-state index contributed by atoms with van der Waals surface area (Å²) in [6.45, 7) is 5.88. The van der Waals surface area contributed by atoms with Crippen molar-refractivity contribution in [2.24, 2.45) is 5.92 Å². The largest absolute Gasteiger partial charge is 0.313 e. The van der Waals surface area contributed by atoms with Crippen LogP contribution in [0.25, 0.3) is 0 Å². The Balaban J connectivity index is 1.96. The Labute approximate surface area is 105 Å². The Kier molecular flexibility index (Phi) is 2.74. The van der Waals surface area contributed by atoms with Gasteiger partial charge in [0, 0.05) is 11.5 Å². The second kappa shape index (κ2) is 4.13. The van der Waals surface area contributed by atoms with Crippen molar-refractivity contribution in [1.82, 2.24) is 5.32 Å². The summed E-state index contributed by atoms with van der Waals surface area (Å²) in [5.41, 5.74) is 3.71. The van der Waals surface area contributed by atoms with Crippen molar-refractivity contribution in [2.45, 2.75) is 51.0 Å². The molecular weight excluding hydrogens is 206 g/mol. The highest BCUT2D eigenvalue weighted by atomic mass is 15.0. The molecule has 2 atom stereocenters. The van der Waals surface area contributed by atoms with Gasteiger partial charge in [0.25, 0.3) is 0 Å². The second-order valence-electron chi connectivity index (χ2n) is 6.20. The minimum absolute atomic E-state index is 0.459. The van der Waals surface area contributed by atoms with Crippen LogP contribution in [0.4, 0.5) is 0 Å². The molecule has 1 aliphatic carbocycles. The van der Waals surface area contributed by atoms with Crippen LogP contribution in [0.15, 0.2) is 24.3 Å². The smallest absolute Gasteiger partial charge is 0.0167 e. The van der Waals surface area contributed by atoms with E-state index in [1.54, 1.807) is 11.1 Å². The summed E-state index contributed by atoms with van der Waals surface area (Å²) >= 11 is 0. The third kappa shape index (κ3) is 1.72. The van der Waals surface area contributed by atoms with E-state index in [2.05, 4.69) is 43.4 Å². The zero-order valence-electron chi connectivity index (χ0n) is 11.0. The highest BCUT2D eigenvalue weighted by Gasteiger charge is 2.47. The van der Waals surface area contributed by atoms with Gasteiger partial charge in [-0.1, -0.05) is 38.1 Å². The molecule has 0 bridgehead atoms. The molecule has 1 spiro atoms. The van der Waals surface area contributed by atoms with Gasteiger partial charge >= 0.3 is 0 Å². The molecular formula is C16H23N. The lowest BCUT2D eigenvalue weighted by molar-refractivity contribution is 0.319. The molecule has 0 saturated carbocycles. The molecule has 3 rings (SSSR count). The first-order valence-electron chi connectivity index (χ1n) is 7.04. The van der Waals surface area contributed by atoms with Crippen LogP contribution in [0.5, 0.6) is 0 Å². The van der Waals surface area contributed by atoms with Gasteiger partial charge in [-0.2, -0.15) is 0 Å². The molecule has 1 nitrogen and oxygen atoms in total. The molecule has 1 N–H and O–H groups in total. The predicted octanol–water partition coefficient (Wildman–Crippen LogP) is 3.28. The number of aryl methyl sites for hydroxylation is 1. The molecule has 1 aliphatic heterocycles. The first-order chi connectivity index (χ1) is 8.22. The minimum Gasteiger partial charge on any atom is -0.313 e. The Bertz CT molecular complexity index is 410. The number of nitrogens with one attached hydrogen (secondary N) is 1. The summed E-state index contributed by atoms with van der Waals surface area (Å²) in [5, 5.41) is 3.76. The number of fused-ring (bicyclic) bond motifs is 2. The molecule has 0 radical (unpaired) electrons. The molecule has 17 heavy (non-hydrogen) atoms. The molecule has 0 aromatic heterocycles. The summed E-state index contributed by atoms with van der Waals surface area (Å²) in [4.78, 5) is 0. The lowest BCUT2D eigenvalue weighted by atomic mass is 9.73. The molecule has 2 unspecified atom stereocenters. The molecule has 92 valence electrons. The van der Waals surface area contributed by atoms with Crippen LogP contribution in [0.1, 0.15) is 44.2 Å². The zero-order chi connectivity index (χ0) is 11.9. The van der Waals surface area contributed by atoms with E-state index in [-0.39, 0.29) is 0 Å². The molecule has 1 aromatic carbocycles. The van der Waals surface area contributed by atoms with Crippen molar-refractivity contribution in [2.75, 3.05) is 6.54 Å². The highest BCUT2D eigenvalue weighted by molar-refractivity contribution is 5.42. The molecule has 0 amide bonds. The van der Waals surface area contributed by atoms with Crippen LogP contribution in [-0.4, -0.2) is 12.6 Å². The quantitative estimate of drug-likeness (QED) is 0.820. The number of hydrogen-bond donors (Lipinski definition) is 1. The fourth-order valence-corrected chi connectivity index (χ4v) is 3.96. The maximum absolute atomic E-state index is 3.76. The van der Waals surface area contributed by atoms with Gasteiger partial charge in [-0.05, 0) is 49.3 Å². The van der Waals surface area contributed by atoms with Crippen molar-refractivity contribution in [3.05, 3.63) is 35.4 Å². The normalized spacial score (nSPS) is 31.4. The van der Waals surface area contributed by atoms with E-state index >= 15 is 0 Å². The second-order valence-corrected chi connectivity index (χ2v) is 6.20. The van der Waals surface area contributed by atoms with Crippen LogP contribution >= 0.6 is 0 Å². The fourth-order valence-electron chi connectivity index (χ4n) is 3.96. The van der Waals surface area contributed by atoms with E-state index in [1.165, 1.54) is 32.2 Å². The van der Waals surface area contributed by atoms with Crippen LogP contribution in [0, 0.1) is 5.92 Å². The van der Waals surface area contributed by atoms with Gasteiger partial charge in [0.15, 0.2) is 0 Å². The lowest BCUT2D eigenvalue weighted by Crippen LogP contribution is -2.39. The molecule has 1 aromatic rings. The van der Waals surface area contributed by atoms with Crippen LogP contribution in [0.2, 0.25) is 0 Å². The summed E-state index contributed by atoms with van der Waals surface area (Å²) in [6, 6.07) is 9.82. The number of hydrogen-bond acceptors (Lipinski definition) is 1. The van der Waals surface area contributed by atoms with Gasteiger partial charge in [-0.15, -0.1) is 0 Å². The summed E-state index contributed by atoms with van der Waals surface area (Å²) < 4.78 is 0. The van der Waals surface area contributed by atoms with E-state index in [4.69, 9.17) is 0 Å². The van der Waals surface area contributed by atoms with Gasteiger partial charge in [-0.25, -0.2) is 0 Å². The predicted molar refractivity (Wildman–Crippen MR) is 72.3 cm³/mol. The van der Waals surface area contributed by atoms with Gasteiger partial charge in [-0.3, -0.25) is 0 Å². The molecule has 1 heterocycles. The third-order valence-corrected chi connectivity index (χ3v) is 4.73. The Morgan fingerprint density at radius 3 is 2.94 bits per heavy atom. The molecule has 1 heteroatoms. The van der Waals surface area contributed by atoms with E-state index < -0.39 is 0 Å². The van der Waals surface area contributed by atoms with Gasteiger partial charge in [0.05, 0.1) is 0 Å². The maximum atomic E-state index is 3.76. The Hall–Kier alpha value is -0.820. The first-order valence-corrected chi connectivity index (χ1v) is 7.04. The van der Waals surface area contributed by atoms with Crippen molar-refractivity contribution in [1.29, 1.82) is 0 Å². The monoisotopic (exact) mass is 229 g/mol. The first kappa shape index (κ1) is 11.3. The SMILES string of the molecule is CC(C)CC1NCCC12CCc1ccccc12. The summed E-state index contributed by atoms with van der Waals surface area (Å²) in [5.74, 6) is 0.787. The Morgan fingerprint density at radius 2 is 2.12 bits per heavy atom. The fraction of sp³-hybridized carbons (Fsp3) is 0.625. The molecule has 2 aliphatic rings. The lowest BCUT2D eigenvalue weighted by Gasteiger charge is -2.33. The van der Waals surface area contributed by atoms with Crippen molar-refractivity contribution >= 4 is 0 Å². The zero-order valence-corrected chi connectivity index (χ0v) is 11.0. The minimum atomic E-state index is 0.459. The molecule has 1 saturated heterocycles. The topological polar surface area (TPSA) is 12.0 Å². The van der Waals surface area contributed by atoms with Crippen molar-refractivity contribution in [3.8, 4) is 0 Å². The van der Waals surface area contributed by atoms with Crippen molar-refractivity contribution < 1.29 is 0 Å². The van der Waals surface area contributed by atoms with E-state index in [0.29, 0.717) is 11.5 Å². The van der Waals surface area contributed by atoms with Crippen LogP contribution in [0.3, 0.4) is 0 Å². The van der Waals surface area contributed by atoms with Crippen LogP contribution < -0.4 is 5.32 Å². The maximum Gasteiger partial charge on any atom is 0.0167 e. The van der Waals surface area contributed by atoms with E-state index in [9.17, 15) is 0 Å². The summed E-state index contributed by atoms with van der Waals surface area (Å²) in [6.07, 6.45) is 5.29. The standard InChI is InChI=1S/C16H23N/c1-12(2)11-15-16(9-10-17-15)8-7-13-5-3-4-6-14(13)16/h3-6,12,15,17H,7-11H2,1-2H3. The summed E-state index contributed by atoms with van der Waals surface area (Å²) in [7, 11) is 0. The van der Waals surface area contributed by atoms with Crippen LogP contribution in [-0.2, 0) is 11.8 Å². The third-order valence-electron chi connectivity index (χ3n) is 4.73. The average molecular weight is 229 g/mol. The van der Waals surface area contributed by atoms with Gasteiger partial charge in [0.1, 0.15) is 0 Å². The number of rotatable bonds is 2. The Morgan fingerprint density at radius 1 is 1.29 bits per heavy atom. The number of benzene rings is 1. The highest BCUT2D eigenvalue weighted by Crippen LogP contribution is 2.47. The molecule has 1 fully saturated rings. The van der Waals surface area contributed by atoms with Crippen molar-refractivity contribution in [3.63, 3.8) is 0 Å². The van der Waals surface area contributed by atoms with E-state index in [0.717, 1.165) is 5.92 Å². The van der Waals surface area contributed by atoms with E-state index in [1.807, 2.05) is 0 Å². The van der Waals surface area contributed by atoms with Gasteiger partial charge < -0.3 is 5.32 Å².